The smallest absolute Gasteiger partial charge is 0.00201 e. The van der Waals surface area contributed by atoms with E-state index < -0.39 is 0 Å². The van der Waals surface area contributed by atoms with Gasteiger partial charge in [-0.15, -0.1) is 0 Å². The van der Waals surface area contributed by atoms with E-state index in [0.717, 1.165) is 0 Å². The van der Waals surface area contributed by atoms with E-state index in [2.05, 4.69) is 255 Å². The first-order valence-corrected chi connectivity index (χ1v) is 23.7. The highest BCUT2D eigenvalue weighted by molar-refractivity contribution is 6.28. The molecular formula is C68H42. The lowest BCUT2D eigenvalue weighted by atomic mass is 9.83. The molecule has 0 atom stereocenters. The van der Waals surface area contributed by atoms with Gasteiger partial charge in [-0.1, -0.05) is 237 Å². The molecule has 0 bridgehead atoms. The third-order valence-electron chi connectivity index (χ3n) is 14.6. The Morgan fingerprint density at radius 3 is 0.897 bits per heavy atom. The van der Waals surface area contributed by atoms with Gasteiger partial charge in [-0.25, -0.2) is 0 Å². The van der Waals surface area contributed by atoms with Crippen LogP contribution in [0.3, 0.4) is 0 Å². The quantitative estimate of drug-likeness (QED) is 0.119. The molecule has 0 saturated carbocycles. The Bertz CT molecular complexity index is 4220. The molecule has 0 heteroatoms. The molecule has 0 spiro atoms. The van der Waals surface area contributed by atoms with Crippen molar-refractivity contribution in [2.45, 2.75) is 0 Å². The summed E-state index contributed by atoms with van der Waals surface area (Å²) in [6.07, 6.45) is 0. The average molecular weight is 859 g/mol. The number of fused-ring (bicyclic) bond motifs is 11. The maximum Gasteiger partial charge on any atom is -0.00201 e. The van der Waals surface area contributed by atoms with Crippen molar-refractivity contribution < 1.29 is 0 Å². The first-order chi connectivity index (χ1) is 33.8. The Hall–Kier alpha value is -8.84. The summed E-state index contributed by atoms with van der Waals surface area (Å²) < 4.78 is 0. The van der Waals surface area contributed by atoms with E-state index in [9.17, 15) is 0 Å². The van der Waals surface area contributed by atoms with E-state index >= 15 is 0 Å². The lowest BCUT2D eigenvalue weighted by Gasteiger charge is -2.20. The lowest BCUT2D eigenvalue weighted by molar-refractivity contribution is 1.61. The average Bonchev–Trinajstić information content (AvgIpc) is 3.41. The van der Waals surface area contributed by atoms with Crippen LogP contribution in [0.4, 0.5) is 0 Å². The SMILES string of the molecule is c1ccc(-c2ccccc2-c2c3ccccc3c(-c3ccc4ccc(-c5c6ccccc6c(-c6ccc7c8ccccc8c8ccccc8c7c6)c6ccccc56)cc4c3)c3ccccc23)cc1. The maximum atomic E-state index is 2.44. The molecule has 14 aromatic carbocycles. The monoisotopic (exact) mass is 858 g/mol. The first-order valence-electron chi connectivity index (χ1n) is 23.7. The second kappa shape index (κ2) is 15.4. The van der Waals surface area contributed by atoms with E-state index in [1.807, 2.05) is 0 Å². The fraction of sp³-hybridized carbons (Fsp3) is 0. The van der Waals surface area contributed by atoms with Crippen LogP contribution in [-0.2, 0) is 0 Å². The van der Waals surface area contributed by atoms with Gasteiger partial charge in [0.25, 0.3) is 0 Å². The second-order valence-corrected chi connectivity index (χ2v) is 18.2. The van der Waals surface area contributed by atoms with Crippen molar-refractivity contribution in [1.82, 2.24) is 0 Å². The molecule has 0 radical (unpaired) electrons. The molecule has 14 aromatic rings. The van der Waals surface area contributed by atoms with Gasteiger partial charge in [0, 0.05) is 0 Å². The van der Waals surface area contributed by atoms with Gasteiger partial charge in [0.2, 0.25) is 0 Å². The molecule has 0 amide bonds. The van der Waals surface area contributed by atoms with Crippen LogP contribution >= 0.6 is 0 Å². The number of hydrogen-bond donors (Lipinski definition) is 0. The molecule has 0 unspecified atom stereocenters. The number of hydrogen-bond acceptors (Lipinski definition) is 0. The summed E-state index contributed by atoms with van der Waals surface area (Å²) in [4.78, 5) is 0. The molecule has 0 N–H and O–H groups in total. The summed E-state index contributed by atoms with van der Waals surface area (Å²) in [5.41, 5.74) is 12.4. The zero-order chi connectivity index (χ0) is 44.7. The van der Waals surface area contributed by atoms with E-state index in [-0.39, 0.29) is 0 Å². The van der Waals surface area contributed by atoms with Crippen LogP contribution in [0.5, 0.6) is 0 Å². The molecule has 0 aromatic heterocycles. The van der Waals surface area contributed by atoms with E-state index in [0.29, 0.717) is 0 Å². The first kappa shape index (κ1) is 38.4. The molecule has 0 aliphatic heterocycles. The van der Waals surface area contributed by atoms with Gasteiger partial charge in [-0.2, -0.15) is 0 Å². The second-order valence-electron chi connectivity index (χ2n) is 18.2. The largest absolute Gasteiger partial charge is 0.0622 e. The van der Waals surface area contributed by atoms with Gasteiger partial charge in [0.15, 0.2) is 0 Å². The highest BCUT2D eigenvalue weighted by Crippen LogP contribution is 2.49. The molecular weight excluding hydrogens is 817 g/mol. The van der Waals surface area contributed by atoms with Crippen LogP contribution in [0.1, 0.15) is 0 Å². The van der Waals surface area contributed by atoms with Crippen LogP contribution < -0.4 is 0 Å². The third kappa shape index (κ3) is 5.88. The van der Waals surface area contributed by atoms with E-state index in [1.165, 1.54) is 142 Å². The predicted octanol–water partition coefficient (Wildman–Crippen LogP) is 19.2. The summed E-state index contributed by atoms with van der Waals surface area (Å²) in [7, 11) is 0. The summed E-state index contributed by atoms with van der Waals surface area (Å²) >= 11 is 0. The summed E-state index contributed by atoms with van der Waals surface area (Å²) in [5.74, 6) is 0. The third-order valence-corrected chi connectivity index (χ3v) is 14.6. The van der Waals surface area contributed by atoms with Gasteiger partial charge in [0.05, 0.1) is 0 Å². The molecule has 0 aliphatic carbocycles. The van der Waals surface area contributed by atoms with Crippen molar-refractivity contribution in [3.8, 4) is 55.6 Å². The van der Waals surface area contributed by atoms with Crippen molar-refractivity contribution in [3.05, 3.63) is 255 Å². The zero-order valence-corrected chi connectivity index (χ0v) is 37.2. The molecule has 68 heavy (non-hydrogen) atoms. The summed E-state index contributed by atoms with van der Waals surface area (Å²) in [6, 6.07) is 94.7. The fourth-order valence-electron chi connectivity index (χ4n) is 11.7. The van der Waals surface area contributed by atoms with Gasteiger partial charge < -0.3 is 0 Å². The number of benzene rings is 14. The minimum Gasteiger partial charge on any atom is -0.0622 e. The summed E-state index contributed by atoms with van der Waals surface area (Å²) in [5, 5.41) is 20.2. The Kier molecular flexibility index (Phi) is 8.69. The van der Waals surface area contributed by atoms with Crippen molar-refractivity contribution >= 4 is 86.2 Å². The highest BCUT2D eigenvalue weighted by Gasteiger charge is 2.21. The van der Waals surface area contributed by atoms with Crippen molar-refractivity contribution in [2.75, 3.05) is 0 Å². The molecule has 0 fully saturated rings. The van der Waals surface area contributed by atoms with Crippen LogP contribution in [0, 0.1) is 0 Å². The van der Waals surface area contributed by atoms with Crippen LogP contribution in [0.2, 0.25) is 0 Å². The van der Waals surface area contributed by atoms with Gasteiger partial charge in [0.1, 0.15) is 0 Å². The number of rotatable bonds is 5. The Labute approximate surface area is 394 Å². The van der Waals surface area contributed by atoms with Crippen molar-refractivity contribution in [3.63, 3.8) is 0 Å². The van der Waals surface area contributed by atoms with Gasteiger partial charge in [-0.3, -0.25) is 0 Å². The van der Waals surface area contributed by atoms with Crippen LogP contribution in [0.15, 0.2) is 255 Å². The maximum absolute atomic E-state index is 2.44. The van der Waals surface area contributed by atoms with Crippen molar-refractivity contribution in [1.29, 1.82) is 0 Å². The predicted molar refractivity (Wildman–Crippen MR) is 294 cm³/mol. The van der Waals surface area contributed by atoms with Gasteiger partial charge >= 0.3 is 0 Å². The minimum atomic E-state index is 1.21. The molecule has 0 saturated heterocycles. The standard InChI is InChI=1S/C68H42/c1-2-18-44(19-3-1)49-20-4-9-25-55(49)68-62-32-16-14-30-60(62)66(61-31-15-17-33-63(61)68)46-37-35-43-34-36-45(40-48(43)41-46)65-56-26-10-12-28-58(56)67(59-29-13-11-27-57(59)65)47-38-39-54-52-23-6-5-21-50(52)51-22-7-8-24-53(51)64(54)42-47/h1-42H. The van der Waals surface area contributed by atoms with Crippen molar-refractivity contribution in [2.24, 2.45) is 0 Å². The van der Waals surface area contributed by atoms with Crippen LogP contribution in [0.25, 0.3) is 142 Å². The lowest BCUT2D eigenvalue weighted by Crippen LogP contribution is -1.93. The molecule has 0 nitrogen and oxygen atoms in total. The minimum absolute atomic E-state index is 1.21. The van der Waals surface area contributed by atoms with E-state index in [4.69, 9.17) is 0 Å². The summed E-state index contributed by atoms with van der Waals surface area (Å²) in [6.45, 7) is 0. The van der Waals surface area contributed by atoms with E-state index in [1.54, 1.807) is 0 Å². The molecule has 0 aliphatic rings. The van der Waals surface area contributed by atoms with Crippen LogP contribution in [-0.4, -0.2) is 0 Å². The Morgan fingerprint density at radius 2 is 0.456 bits per heavy atom. The molecule has 14 rings (SSSR count). The van der Waals surface area contributed by atoms with Gasteiger partial charge in [-0.05, 0) is 160 Å². The molecule has 314 valence electrons. The Morgan fingerprint density at radius 1 is 0.147 bits per heavy atom. The fourth-order valence-corrected chi connectivity index (χ4v) is 11.7. The Balaban J connectivity index is 0.968. The molecule has 0 heterocycles. The normalized spacial score (nSPS) is 11.8. The topological polar surface area (TPSA) is 0 Å². The highest BCUT2D eigenvalue weighted by atomic mass is 14.2. The zero-order valence-electron chi connectivity index (χ0n) is 37.2.